The van der Waals surface area contributed by atoms with Gasteiger partial charge in [0, 0.05) is 17.7 Å². The first-order valence-corrected chi connectivity index (χ1v) is 13.4. The number of amidine groups is 1. The number of aryl methyl sites for hydroxylation is 1. The second-order valence-electron chi connectivity index (χ2n) is 9.39. The molecule has 4 nitrogen and oxygen atoms in total. The van der Waals surface area contributed by atoms with Gasteiger partial charge in [0.05, 0.1) is 28.4 Å². The van der Waals surface area contributed by atoms with Crippen LogP contribution in [0.5, 0.6) is 0 Å². The van der Waals surface area contributed by atoms with E-state index in [0.717, 1.165) is 35.0 Å². The van der Waals surface area contributed by atoms with E-state index in [0.29, 0.717) is 5.92 Å². The van der Waals surface area contributed by atoms with Crippen LogP contribution in [0.25, 0.3) is 0 Å². The smallest absolute Gasteiger partial charge is 0.138 e. The van der Waals surface area contributed by atoms with Crippen molar-refractivity contribution in [2.75, 3.05) is 19.1 Å². The Balaban J connectivity index is 0.000000466. The normalized spacial score (nSPS) is 17.3. The van der Waals surface area contributed by atoms with E-state index in [4.69, 9.17) is 9.73 Å². The van der Waals surface area contributed by atoms with Crippen LogP contribution in [0.1, 0.15) is 77.3 Å². The molecule has 2 aliphatic rings. The Bertz CT molecular complexity index is 1110. The number of benzene rings is 1. The van der Waals surface area contributed by atoms with Crippen LogP contribution >= 0.6 is 22.6 Å². The third-order valence-corrected chi connectivity index (χ3v) is 7.30. The average molecular weight is 586 g/mol. The molecule has 0 N–H and O–H groups in total. The molecule has 0 bridgehead atoms. The minimum atomic E-state index is 0.0920. The third kappa shape index (κ3) is 7.91. The number of anilines is 1. The molecule has 1 aliphatic heterocycles. The van der Waals surface area contributed by atoms with E-state index in [2.05, 4.69) is 90.7 Å². The zero-order valence-electron chi connectivity index (χ0n) is 22.6. The fraction of sp³-hybridized carbons (Fsp3) is 0.467. The summed E-state index contributed by atoms with van der Waals surface area (Å²) in [6.45, 7) is 16.6. The van der Waals surface area contributed by atoms with Crippen molar-refractivity contribution < 1.29 is 4.74 Å². The highest BCUT2D eigenvalue weighted by atomic mass is 127. The number of aliphatic imine (C=N–C) groups is 2. The largest absolute Gasteiger partial charge is 0.379 e. The van der Waals surface area contributed by atoms with E-state index in [1.165, 1.54) is 34.0 Å². The predicted octanol–water partition coefficient (Wildman–Crippen LogP) is 7.97. The first kappa shape index (κ1) is 29.1. The van der Waals surface area contributed by atoms with Gasteiger partial charge in [-0.15, -0.1) is 0 Å². The zero-order valence-corrected chi connectivity index (χ0v) is 24.8. The van der Waals surface area contributed by atoms with Crippen LogP contribution in [0.3, 0.4) is 0 Å². The second-order valence-corrected chi connectivity index (χ2v) is 10.6. The van der Waals surface area contributed by atoms with Crippen LogP contribution in [0.15, 0.2) is 58.3 Å². The number of halogens is 1. The van der Waals surface area contributed by atoms with E-state index in [9.17, 15) is 0 Å². The Kier molecular flexibility index (Phi) is 11.0. The molecule has 35 heavy (non-hydrogen) atoms. The quantitative estimate of drug-likeness (QED) is 0.251. The van der Waals surface area contributed by atoms with Crippen LogP contribution in [0.2, 0.25) is 0 Å². The Morgan fingerprint density at radius 3 is 2.51 bits per heavy atom. The maximum absolute atomic E-state index is 5.18. The van der Waals surface area contributed by atoms with Gasteiger partial charge < -0.3 is 4.74 Å². The summed E-state index contributed by atoms with van der Waals surface area (Å²) in [6, 6.07) is 4.55. The van der Waals surface area contributed by atoms with Crippen LogP contribution in [0.4, 0.5) is 5.69 Å². The summed E-state index contributed by atoms with van der Waals surface area (Å²) in [4.78, 5) is 11.3. The van der Waals surface area contributed by atoms with E-state index in [1.807, 2.05) is 32.1 Å². The number of dihydropyridines is 1. The lowest BCUT2D eigenvalue weighted by atomic mass is 10.0. The molecule has 0 unspecified atom stereocenters. The maximum Gasteiger partial charge on any atom is 0.138 e. The molecule has 1 aliphatic carbocycles. The van der Waals surface area contributed by atoms with Gasteiger partial charge in [0.15, 0.2) is 0 Å². The summed E-state index contributed by atoms with van der Waals surface area (Å²) >= 11 is 2.42. The van der Waals surface area contributed by atoms with Gasteiger partial charge in [-0.3, -0.25) is 9.89 Å². The van der Waals surface area contributed by atoms with Gasteiger partial charge in [-0.1, -0.05) is 31.9 Å². The maximum atomic E-state index is 5.18. The fourth-order valence-electron chi connectivity index (χ4n) is 3.89. The molecule has 0 amide bonds. The van der Waals surface area contributed by atoms with E-state index in [1.54, 1.807) is 14.2 Å². The minimum Gasteiger partial charge on any atom is -0.379 e. The van der Waals surface area contributed by atoms with Gasteiger partial charge in [-0.05, 0) is 124 Å². The lowest BCUT2D eigenvalue weighted by Gasteiger charge is -2.29. The molecule has 3 rings (SSSR count). The van der Waals surface area contributed by atoms with Crippen molar-refractivity contribution in [3.63, 3.8) is 0 Å². The Labute approximate surface area is 226 Å². The molecule has 188 valence electrons. The topological polar surface area (TPSA) is 37.2 Å². The summed E-state index contributed by atoms with van der Waals surface area (Å²) in [6.07, 6.45) is 10.8. The molecule has 0 saturated heterocycles. The molecule has 0 radical (unpaired) electrons. The van der Waals surface area contributed by atoms with Crippen molar-refractivity contribution in [3.05, 3.63) is 63.0 Å². The van der Waals surface area contributed by atoms with Gasteiger partial charge >= 0.3 is 0 Å². The van der Waals surface area contributed by atoms with Gasteiger partial charge in [0.1, 0.15) is 5.84 Å². The van der Waals surface area contributed by atoms with Crippen LogP contribution in [0, 0.1) is 22.3 Å². The number of rotatable bonds is 6. The number of nitrogens with zero attached hydrogens (tertiary/aromatic N) is 3. The molecule has 0 spiro atoms. The Hall–Kier alpha value is -2.17. The molecular weight excluding hydrogens is 545 g/mol. The molecule has 1 heterocycles. The molecular formula is C30H40IN3O. The standard InChI is InChI=1S/C23H24IN3.C7H16O/c1-6-8-16(4)27(23-12-11-21(25-5)20(7-2)26-23)22-13-15(3)19(24)14-18(22)17-9-10-17;1-5-6-7(2,3)8-4/h7,11-14,17H,4,9-10H2,1-3,5H3;5-6H2,1-4H3/b20-7+,25-21?;. The van der Waals surface area contributed by atoms with Crippen LogP contribution in [-0.2, 0) is 4.74 Å². The molecule has 0 aromatic heterocycles. The fourth-order valence-corrected chi connectivity index (χ4v) is 4.38. The molecule has 1 aromatic carbocycles. The van der Waals surface area contributed by atoms with Crippen LogP contribution < -0.4 is 4.90 Å². The Morgan fingerprint density at radius 2 is 2.03 bits per heavy atom. The van der Waals surface area contributed by atoms with Crippen molar-refractivity contribution in [1.82, 2.24) is 0 Å². The molecule has 0 atom stereocenters. The van der Waals surface area contributed by atoms with Crippen molar-refractivity contribution in [3.8, 4) is 11.8 Å². The van der Waals surface area contributed by atoms with E-state index in [-0.39, 0.29) is 5.60 Å². The lowest BCUT2D eigenvalue weighted by Crippen LogP contribution is -2.31. The summed E-state index contributed by atoms with van der Waals surface area (Å²) in [7, 11) is 3.55. The van der Waals surface area contributed by atoms with Crippen molar-refractivity contribution in [2.24, 2.45) is 9.98 Å². The zero-order chi connectivity index (χ0) is 26.2. The van der Waals surface area contributed by atoms with Gasteiger partial charge in [-0.2, -0.15) is 0 Å². The van der Waals surface area contributed by atoms with Crippen molar-refractivity contribution in [2.45, 2.75) is 78.7 Å². The number of allylic oxidation sites excluding steroid dienone is 3. The SMILES string of the molecule is C=C(C#CC)N(C1=N/C(=C/C)C(=NC)C=C1)c1cc(C)c(I)cc1C1CC1.CCCC(C)(C)OC. The van der Waals surface area contributed by atoms with Gasteiger partial charge in [0.2, 0.25) is 0 Å². The summed E-state index contributed by atoms with van der Waals surface area (Å²) < 4.78 is 6.47. The number of hydrogen-bond acceptors (Lipinski definition) is 4. The lowest BCUT2D eigenvalue weighted by molar-refractivity contribution is 0.0149. The Morgan fingerprint density at radius 1 is 1.34 bits per heavy atom. The molecule has 1 fully saturated rings. The first-order valence-electron chi connectivity index (χ1n) is 12.3. The second kappa shape index (κ2) is 13.2. The first-order chi connectivity index (χ1) is 16.6. The highest BCUT2D eigenvalue weighted by Gasteiger charge is 2.30. The predicted molar refractivity (Wildman–Crippen MR) is 161 cm³/mol. The molecule has 1 aromatic rings. The van der Waals surface area contributed by atoms with E-state index < -0.39 is 0 Å². The summed E-state index contributed by atoms with van der Waals surface area (Å²) in [5.41, 5.74) is 6.32. The summed E-state index contributed by atoms with van der Waals surface area (Å²) in [5.74, 6) is 7.55. The van der Waals surface area contributed by atoms with Crippen molar-refractivity contribution in [1.29, 1.82) is 0 Å². The monoisotopic (exact) mass is 585 g/mol. The van der Waals surface area contributed by atoms with Gasteiger partial charge in [-0.25, -0.2) is 4.99 Å². The number of hydrogen-bond donors (Lipinski definition) is 0. The highest BCUT2D eigenvalue weighted by molar-refractivity contribution is 14.1. The molecule has 1 saturated carbocycles. The van der Waals surface area contributed by atoms with Gasteiger partial charge in [0.25, 0.3) is 0 Å². The number of ether oxygens (including phenoxy) is 1. The third-order valence-electron chi connectivity index (χ3n) is 6.14. The average Bonchev–Trinajstić information content (AvgIpc) is 3.67. The summed E-state index contributed by atoms with van der Waals surface area (Å²) in [5, 5.41) is 0. The van der Waals surface area contributed by atoms with Crippen LogP contribution in [-0.4, -0.2) is 31.3 Å². The van der Waals surface area contributed by atoms with Crippen molar-refractivity contribution >= 4 is 39.8 Å². The number of methoxy groups -OCH3 is 1. The minimum absolute atomic E-state index is 0.0920. The molecule has 5 heteroatoms. The van der Waals surface area contributed by atoms with E-state index >= 15 is 0 Å². The highest BCUT2D eigenvalue weighted by Crippen LogP contribution is 2.46.